The van der Waals surface area contributed by atoms with Crippen molar-refractivity contribution in [2.24, 2.45) is 11.3 Å². The molecule has 2 heterocycles. The smallest absolute Gasteiger partial charge is 0.0900 e. The molecule has 2 saturated heterocycles. The van der Waals surface area contributed by atoms with Gasteiger partial charge in [-0.05, 0) is 43.1 Å². The minimum absolute atomic E-state index is 0.449. The Morgan fingerprint density at radius 3 is 1.89 bits per heavy atom. The van der Waals surface area contributed by atoms with E-state index >= 15 is 0 Å². The summed E-state index contributed by atoms with van der Waals surface area (Å²) >= 11 is 8.68. The molecule has 0 N–H and O–H groups in total. The Morgan fingerprint density at radius 1 is 0.815 bits per heavy atom. The summed E-state index contributed by atoms with van der Waals surface area (Å²) in [6, 6.07) is 0. The van der Waals surface area contributed by atoms with E-state index in [1.807, 2.05) is 0 Å². The molecule has 3 fully saturated rings. The minimum atomic E-state index is 0.449. The van der Waals surface area contributed by atoms with Crippen molar-refractivity contribution >= 4 is 47.0 Å². The lowest BCUT2D eigenvalue weighted by molar-refractivity contribution is 0.194. The van der Waals surface area contributed by atoms with Crippen LogP contribution in [0.5, 0.6) is 0 Å². The molecule has 3 aliphatic rings. The molecule has 0 spiro atoms. The standard InChI is InChI=1S/C20H36O3S4/c1-21-6-2-3-7-24-13-20(14-25-10-17-4-5-17,15-26-11-18-8-22-18)16-27-12-19-9-23-19/h17-19H,2-16H2,1H3. The van der Waals surface area contributed by atoms with E-state index in [0.29, 0.717) is 17.6 Å². The zero-order chi connectivity index (χ0) is 18.8. The van der Waals surface area contributed by atoms with Crippen LogP contribution in [-0.2, 0) is 14.2 Å². The Kier molecular flexibility index (Phi) is 10.9. The number of thioether (sulfide) groups is 4. The summed E-state index contributed by atoms with van der Waals surface area (Å²) < 4.78 is 16.1. The van der Waals surface area contributed by atoms with Crippen molar-refractivity contribution in [3.8, 4) is 0 Å². The largest absolute Gasteiger partial charge is 0.385 e. The van der Waals surface area contributed by atoms with E-state index in [-0.39, 0.29) is 0 Å². The van der Waals surface area contributed by atoms with Crippen LogP contribution in [0, 0.1) is 11.3 Å². The molecule has 27 heavy (non-hydrogen) atoms. The molecule has 2 atom stereocenters. The average Bonchev–Trinajstić information content (AvgIpc) is 3.51. The summed E-state index contributed by atoms with van der Waals surface area (Å²) in [5.74, 6) is 11.2. The van der Waals surface area contributed by atoms with Crippen molar-refractivity contribution < 1.29 is 14.2 Å². The Hall–Kier alpha value is 1.28. The minimum Gasteiger partial charge on any atom is -0.385 e. The van der Waals surface area contributed by atoms with Crippen LogP contribution in [0.1, 0.15) is 25.7 Å². The molecule has 1 saturated carbocycles. The molecule has 0 aromatic rings. The van der Waals surface area contributed by atoms with Crippen LogP contribution in [0.15, 0.2) is 0 Å². The highest BCUT2D eigenvalue weighted by molar-refractivity contribution is 8.02. The SMILES string of the molecule is COCCCCSCC(CSCC1CC1)(CSCC1CO1)CSCC1CO1. The van der Waals surface area contributed by atoms with Crippen molar-refractivity contribution in [1.29, 1.82) is 0 Å². The summed E-state index contributed by atoms with van der Waals surface area (Å²) in [6.45, 7) is 2.87. The molecule has 2 unspecified atom stereocenters. The summed E-state index contributed by atoms with van der Waals surface area (Å²) in [7, 11) is 1.80. The number of epoxide rings is 2. The molecule has 2 aliphatic heterocycles. The van der Waals surface area contributed by atoms with Crippen molar-refractivity contribution in [2.75, 3.05) is 73.0 Å². The predicted molar refractivity (Wildman–Crippen MR) is 125 cm³/mol. The normalized spacial score (nSPS) is 26.1. The van der Waals surface area contributed by atoms with E-state index in [1.54, 1.807) is 7.11 Å². The van der Waals surface area contributed by atoms with E-state index in [4.69, 9.17) is 14.2 Å². The summed E-state index contributed by atoms with van der Waals surface area (Å²) in [6.07, 6.45) is 6.48. The van der Waals surface area contributed by atoms with Gasteiger partial charge in [-0.2, -0.15) is 47.0 Å². The average molecular weight is 453 g/mol. The molecular formula is C20H36O3S4. The number of unbranched alkanes of at least 4 members (excludes halogenated alkanes) is 1. The highest BCUT2D eigenvalue weighted by atomic mass is 32.2. The highest BCUT2D eigenvalue weighted by Crippen LogP contribution is 2.39. The topological polar surface area (TPSA) is 34.3 Å². The van der Waals surface area contributed by atoms with Crippen LogP contribution in [0.25, 0.3) is 0 Å². The lowest BCUT2D eigenvalue weighted by Crippen LogP contribution is -2.34. The van der Waals surface area contributed by atoms with E-state index in [9.17, 15) is 0 Å². The molecule has 7 heteroatoms. The number of methoxy groups -OCH3 is 1. The van der Waals surface area contributed by atoms with Gasteiger partial charge in [0.15, 0.2) is 0 Å². The third kappa shape index (κ3) is 10.7. The van der Waals surface area contributed by atoms with Crippen molar-refractivity contribution in [3.05, 3.63) is 0 Å². The van der Waals surface area contributed by atoms with Gasteiger partial charge in [0.05, 0.1) is 25.4 Å². The summed E-state index contributed by atoms with van der Waals surface area (Å²) in [5.41, 5.74) is 0.449. The third-order valence-electron chi connectivity index (χ3n) is 4.98. The second-order valence-corrected chi connectivity index (χ2v) is 12.3. The Morgan fingerprint density at radius 2 is 1.37 bits per heavy atom. The Balaban J connectivity index is 1.44. The first-order chi connectivity index (χ1) is 13.3. The molecular weight excluding hydrogens is 416 g/mol. The van der Waals surface area contributed by atoms with Gasteiger partial charge in [-0.3, -0.25) is 0 Å². The number of hydrogen-bond donors (Lipinski definition) is 0. The lowest BCUT2D eigenvalue weighted by atomic mass is 9.99. The fourth-order valence-corrected chi connectivity index (χ4v) is 9.07. The second-order valence-electron chi connectivity index (χ2n) is 8.15. The van der Waals surface area contributed by atoms with Gasteiger partial charge in [0.1, 0.15) is 0 Å². The summed E-state index contributed by atoms with van der Waals surface area (Å²) in [5, 5.41) is 0. The van der Waals surface area contributed by atoms with Crippen molar-refractivity contribution in [1.82, 2.24) is 0 Å². The van der Waals surface area contributed by atoms with E-state index < -0.39 is 0 Å². The van der Waals surface area contributed by atoms with Crippen molar-refractivity contribution in [2.45, 2.75) is 37.9 Å². The molecule has 0 amide bonds. The first-order valence-electron chi connectivity index (χ1n) is 10.3. The maximum absolute atomic E-state index is 5.44. The Labute approximate surface area is 182 Å². The predicted octanol–water partition coefficient (Wildman–Crippen LogP) is 4.54. The quantitative estimate of drug-likeness (QED) is 0.210. The van der Waals surface area contributed by atoms with Gasteiger partial charge in [-0.25, -0.2) is 0 Å². The molecule has 0 radical (unpaired) electrons. The lowest BCUT2D eigenvalue weighted by Gasteiger charge is -2.33. The van der Waals surface area contributed by atoms with Crippen LogP contribution in [0.4, 0.5) is 0 Å². The zero-order valence-corrected chi connectivity index (χ0v) is 20.0. The molecule has 0 bridgehead atoms. The molecule has 158 valence electrons. The van der Waals surface area contributed by atoms with Crippen LogP contribution >= 0.6 is 47.0 Å². The van der Waals surface area contributed by atoms with E-state index in [2.05, 4.69) is 47.0 Å². The first-order valence-corrected chi connectivity index (χ1v) is 14.9. The highest BCUT2D eigenvalue weighted by Gasteiger charge is 2.34. The first kappa shape index (κ1) is 23.0. The fraction of sp³-hybridized carbons (Fsp3) is 1.00. The van der Waals surface area contributed by atoms with Crippen LogP contribution < -0.4 is 0 Å². The van der Waals surface area contributed by atoms with Gasteiger partial charge in [0, 0.05) is 53.6 Å². The molecule has 0 aromatic heterocycles. The third-order valence-corrected chi connectivity index (χ3v) is 10.7. The number of rotatable bonds is 19. The van der Waals surface area contributed by atoms with Crippen LogP contribution in [0.3, 0.4) is 0 Å². The van der Waals surface area contributed by atoms with Gasteiger partial charge < -0.3 is 14.2 Å². The number of ether oxygens (including phenoxy) is 3. The zero-order valence-electron chi connectivity index (χ0n) is 16.7. The summed E-state index contributed by atoms with van der Waals surface area (Å²) in [4.78, 5) is 0. The maximum atomic E-state index is 5.44. The Bertz CT molecular complexity index is 355. The fourth-order valence-electron chi connectivity index (χ4n) is 2.86. The van der Waals surface area contributed by atoms with Crippen molar-refractivity contribution in [3.63, 3.8) is 0 Å². The van der Waals surface area contributed by atoms with Gasteiger partial charge in [0.2, 0.25) is 0 Å². The van der Waals surface area contributed by atoms with Gasteiger partial charge in [-0.1, -0.05) is 0 Å². The van der Waals surface area contributed by atoms with Crippen LogP contribution in [-0.4, -0.2) is 85.2 Å². The molecule has 3 nitrogen and oxygen atoms in total. The number of hydrogen-bond acceptors (Lipinski definition) is 7. The van der Waals surface area contributed by atoms with Gasteiger partial charge >= 0.3 is 0 Å². The van der Waals surface area contributed by atoms with Crippen LogP contribution in [0.2, 0.25) is 0 Å². The molecule has 1 aliphatic carbocycles. The van der Waals surface area contributed by atoms with Gasteiger partial charge in [-0.15, -0.1) is 0 Å². The van der Waals surface area contributed by atoms with E-state index in [0.717, 1.165) is 25.7 Å². The maximum Gasteiger partial charge on any atom is 0.0900 e. The molecule has 3 rings (SSSR count). The monoisotopic (exact) mass is 452 g/mol. The second kappa shape index (κ2) is 12.9. The molecule has 0 aromatic carbocycles. The van der Waals surface area contributed by atoms with Gasteiger partial charge in [0.25, 0.3) is 0 Å². The van der Waals surface area contributed by atoms with E-state index in [1.165, 1.54) is 71.7 Å².